The zero-order valence-corrected chi connectivity index (χ0v) is 18.2. The fourth-order valence-corrected chi connectivity index (χ4v) is 4.53. The number of hydrazine groups is 2. The average Bonchev–Trinajstić information content (AvgIpc) is 3.60. The van der Waals surface area contributed by atoms with Crippen LogP contribution in [0, 0.1) is 23.2 Å². The third-order valence-corrected chi connectivity index (χ3v) is 6.59. The summed E-state index contributed by atoms with van der Waals surface area (Å²) in [6.07, 6.45) is 9.76. The molecule has 0 bridgehead atoms. The molecule has 1 aliphatic carbocycles. The van der Waals surface area contributed by atoms with Crippen LogP contribution < -0.4 is 21.3 Å². The number of nitrogens with zero attached hydrogens (tertiary/aromatic N) is 4. The third kappa shape index (κ3) is 5.39. The highest BCUT2D eigenvalue weighted by molar-refractivity contribution is 5.75. The van der Waals surface area contributed by atoms with Crippen molar-refractivity contribution in [2.45, 2.75) is 39.2 Å². The summed E-state index contributed by atoms with van der Waals surface area (Å²) in [5, 5.41) is 8.76. The molecule has 8 heteroatoms. The van der Waals surface area contributed by atoms with Crippen molar-refractivity contribution in [2.75, 3.05) is 29.6 Å². The number of piperidine rings is 1. The van der Waals surface area contributed by atoms with Gasteiger partial charge in [0, 0.05) is 25.5 Å². The van der Waals surface area contributed by atoms with Crippen LogP contribution >= 0.6 is 0 Å². The Labute approximate surface area is 184 Å². The van der Waals surface area contributed by atoms with Crippen molar-refractivity contribution < 1.29 is 4.74 Å². The van der Waals surface area contributed by atoms with Gasteiger partial charge in [-0.05, 0) is 66.7 Å². The van der Waals surface area contributed by atoms with E-state index in [1.807, 2.05) is 36.7 Å². The van der Waals surface area contributed by atoms with Crippen LogP contribution in [0.2, 0.25) is 0 Å². The Bertz CT molecular complexity index is 834. The predicted octanol–water partition coefficient (Wildman–Crippen LogP) is 2.90. The van der Waals surface area contributed by atoms with Crippen molar-refractivity contribution in [3.63, 3.8) is 0 Å². The number of aromatic nitrogens is 2. The van der Waals surface area contributed by atoms with Gasteiger partial charge < -0.3 is 9.64 Å². The maximum atomic E-state index is 7.31. The van der Waals surface area contributed by atoms with E-state index in [2.05, 4.69) is 27.3 Å². The summed E-state index contributed by atoms with van der Waals surface area (Å²) in [5.41, 5.74) is 5.60. The summed E-state index contributed by atoms with van der Waals surface area (Å²) in [5.74, 6) is 8.58. The highest BCUT2D eigenvalue weighted by Gasteiger charge is 2.43. The van der Waals surface area contributed by atoms with E-state index in [1.54, 1.807) is 0 Å². The molecule has 4 rings (SSSR count). The van der Waals surface area contributed by atoms with Crippen LogP contribution in [-0.2, 0) is 17.8 Å². The first-order chi connectivity index (χ1) is 15.2. The van der Waals surface area contributed by atoms with Crippen LogP contribution in [0.25, 0.3) is 0 Å². The van der Waals surface area contributed by atoms with Crippen LogP contribution in [-0.4, -0.2) is 36.0 Å². The lowest BCUT2D eigenvalue weighted by Crippen LogP contribution is -2.41. The van der Waals surface area contributed by atoms with Crippen molar-refractivity contribution in [1.82, 2.24) is 15.5 Å². The molecule has 2 aromatic rings. The Morgan fingerprint density at radius 3 is 2.52 bits per heavy atom. The molecular formula is C23H33N7O. The second kappa shape index (κ2) is 10.2. The fourth-order valence-electron chi connectivity index (χ4n) is 4.53. The molecule has 4 N–H and O–H groups in total. The van der Waals surface area contributed by atoms with E-state index in [0.29, 0.717) is 12.5 Å². The van der Waals surface area contributed by atoms with Gasteiger partial charge in [0.1, 0.15) is 6.34 Å². The predicted molar refractivity (Wildman–Crippen MR) is 123 cm³/mol. The van der Waals surface area contributed by atoms with Gasteiger partial charge in [-0.15, -0.1) is 0 Å². The van der Waals surface area contributed by atoms with Gasteiger partial charge in [0.2, 0.25) is 5.95 Å². The molecule has 1 aliphatic heterocycles. The normalized spacial score (nSPS) is 21.2. The molecule has 0 amide bonds. The number of rotatable bonds is 10. The highest BCUT2D eigenvalue weighted by Crippen LogP contribution is 2.48. The van der Waals surface area contributed by atoms with E-state index < -0.39 is 0 Å². The van der Waals surface area contributed by atoms with Gasteiger partial charge in [-0.25, -0.2) is 9.97 Å². The number of nitrogens with one attached hydrogen (secondary N) is 2. The third-order valence-electron chi connectivity index (χ3n) is 6.59. The number of hydrogen-bond acceptors (Lipinski definition) is 7. The van der Waals surface area contributed by atoms with Crippen LogP contribution in [0.5, 0.6) is 0 Å². The first-order valence-corrected chi connectivity index (χ1v) is 11.2. The SMILES string of the molecule is CCc1cnc(N2CCC([C@H]3C[C@H]3COCc3ccc(N(C=N)NN)cc3)CC2)nc1. The monoisotopic (exact) mass is 423 g/mol. The van der Waals surface area contributed by atoms with E-state index in [-0.39, 0.29) is 0 Å². The molecule has 31 heavy (non-hydrogen) atoms. The van der Waals surface area contributed by atoms with E-state index >= 15 is 0 Å². The minimum Gasteiger partial charge on any atom is -0.376 e. The Balaban J connectivity index is 1.16. The van der Waals surface area contributed by atoms with Crippen LogP contribution in [0.15, 0.2) is 36.7 Å². The number of aryl methyl sites for hydroxylation is 1. The molecule has 2 atom stereocenters. The fraction of sp³-hybridized carbons (Fsp3) is 0.522. The lowest BCUT2D eigenvalue weighted by atomic mass is 9.91. The summed E-state index contributed by atoms with van der Waals surface area (Å²) in [7, 11) is 0. The van der Waals surface area contributed by atoms with Crippen LogP contribution in [0.1, 0.15) is 37.3 Å². The largest absolute Gasteiger partial charge is 0.376 e. The van der Waals surface area contributed by atoms with E-state index in [4.69, 9.17) is 16.0 Å². The van der Waals surface area contributed by atoms with E-state index in [9.17, 15) is 0 Å². The Morgan fingerprint density at radius 2 is 1.90 bits per heavy atom. The molecule has 0 radical (unpaired) electrons. The Kier molecular flexibility index (Phi) is 7.11. The molecule has 8 nitrogen and oxygen atoms in total. The zero-order chi connectivity index (χ0) is 21.6. The van der Waals surface area contributed by atoms with Gasteiger partial charge in [0.15, 0.2) is 0 Å². The first-order valence-electron chi connectivity index (χ1n) is 11.2. The molecule has 2 aliphatic rings. The topological polar surface area (TPSA) is 103 Å². The van der Waals surface area contributed by atoms with Crippen molar-refractivity contribution in [2.24, 2.45) is 23.6 Å². The quantitative estimate of drug-likeness (QED) is 0.234. The van der Waals surface area contributed by atoms with Gasteiger partial charge in [-0.2, -0.15) is 5.53 Å². The number of anilines is 2. The molecule has 1 aromatic heterocycles. The second-order valence-corrected chi connectivity index (χ2v) is 8.54. The molecule has 0 spiro atoms. The number of benzene rings is 1. The van der Waals surface area contributed by atoms with Gasteiger partial charge in [0.05, 0.1) is 18.9 Å². The number of hydrogen-bond donors (Lipinski definition) is 3. The van der Waals surface area contributed by atoms with Crippen molar-refractivity contribution in [3.05, 3.63) is 47.8 Å². The molecule has 1 saturated carbocycles. The first kappa shape index (κ1) is 21.7. The molecular weight excluding hydrogens is 390 g/mol. The maximum Gasteiger partial charge on any atom is 0.225 e. The summed E-state index contributed by atoms with van der Waals surface area (Å²) in [6.45, 7) is 5.69. The summed E-state index contributed by atoms with van der Waals surface area (Å²) >= 11 is 0. The molecule has 1 saturated heterocycles. The lowest BCUT2D eigenvalue weighted by Gasteiger charge is -2.32. The van der Waals surface area contributed by atoms with E-state index in [1.165, 1.54) is 29.8 Å². The van der Waals surface area contributed by atoms with Crippen LogP contribution in [0.3, 0.4) is 0 Å². The van der Waals surface area contributed by atoms with Gasteiger partial charge in [-0.3, -0.25) is 16.3 Å². The summed E-state index contributed by atoms with van der Waals surface area (Å²) in [4.78, 5) is 11.4. The van der Waals surface area contributed by atoms with Crippen molar-refractivity contribution in [1.29, 1.82) is 5.41 Å². The van der Waals surface area contributed by atoms with Gasteiger partial charge in [-0.1, -0.05) is 19.1 Å². The summed E-state index contributed by atoms with van der Waals surface area (Å²) < 4.78 is 6.00. The Hall–Kier alpha value is -2.55. The second-order valence-electron chi connectivity index (χ2n) is 8.54. The molecule has 166 valence electrons. The smallest absolute Gasteiger partial charge is 0.225 e. The van der Waals surface area contributed by atoms with E-state index in [0.717, 1.165) is 61.5 Å². The lowest BCUT2D eigenvalue weighted by molar-refractivity contribution is 0.104. The summed E-state index contributed by atoms with van der Waals surface area (Å²) in [6, 6.07) is 7.88. The molecule has 0 unspecified atom stereocenters. The zero-order valence-electron chi connectivity index (χ0n) is 18.2. The van der Waals surface area contributed by atoms with Crippen LogP contribution in [0.4, 0.5) is 11.6 Å². The molecule has 2 heterocycles. The number of ether oxygens (including phenoxy) is 1. The highest BCUT2D eigenvalue weighted by atomic mass is 16.5. The standard InChI is InChI=1S/C23H33N7O/c1-2-17-12-26-23(27-13-17)29-9-7-19(8-10-29)22-11-20(22)15-31-14-18-3-5-21(6-4-18)30(16-24)28-25/h3-6,12-13,16,19-20,22,24,28H,2,7-11,14-15,25H2,1H3/t20-,22+/m0/s1. The average molecular weight is 424 g/mol. The Morgan fingerprint density at radius 1 is 1.19 bits per heavy atom. The number of nitrogens with two attached hydrogens (primary N) is 1. The van der Waals surface area contributed by atoms with Crippen molar-refractivity contribution in [3.8, 4) is 0 Å². The van der Waals surface area contributed by atoms with Crippen molar-refractivity contribution >= 4 is 18.0 Å². The molecule has 1 aromatic carbocycles. The minimum absolute atomic E-state index is 0.619. The maximum absolute atomic E-state index is 7.31. The minimum atomic E-state index is 0.619. The van der Waals surface area contributed by atoms with Gasteiger partial charge >= 0.3 is 0 Å². The molecule has 2 fully saturated rings. The van der Waals surface area contributed by atoms with Gasteiger partial charge in [0.25, 0.3) is 0 Å².